The third-order valence-corrected chi connectivity index (χ3v) is 5.16. The molecular formula is C20H21ClN2O2. The van der Waals surface area contributed by atoms with Gasteiger partial charge in [0.25, 0.3) is 0 Å². The van der Waals surface area contributed by atoms with Crippen LogP contribution in [0, 0.1) is 19.3 Å². The molecule has 1 aliphatic carbocycles. The summed E-state index contributed by atoms with van der Waals surface area (Å²) in [6, 6.07) is 13.2. The van der Waals surface area contributed by atoms with Gasteiger partial charge in [0.2, 0.25) is 11.8 Å². The second-order valence-corrected chi connectivity index (χ2v) is 7.02. The van der Waals surface area contributed by atoms with Crippen molar-refractivity contribution >= 4 is 29.1 Å². The van der Waals surface area contributed by atoms with Gasteiger partial charge in [-0.05, 0) is 55.5 Å². The van der Waals surface area contributed by atoms with Gasteiger partial charge in [-0.2, -0.15) is 0 Å². The molecule has 0 aromatic heterocycles. The Hall–Kier alpha value is -2.33. The van der Waals surface area contributed by atoms with E-state index < -0.39 is 5.41 Å². The molecule has 4 nitrogen and oxygen atoms in total. The number of amides is 2. The molecule has 0 atom stereocenters. The summed E-state index contributed by atoms with van der Waals surface area (Å²) in [6.07, 6.45) is 1.13. The Morgan fingerprint density at radius 2 is 1.76 bits per heavy atom. The number of nitrogens with one attached hydrogen (secondary N) is 2. The number of carbonyl (C=O) groups excluding carboxylic acids is 2. The number of benzene rings is 2. The Morgan fingerprint density at radius 1 is 1.04 bits per heavy atom. The summed E-state index contributed by atoms with van der Waals surface area (Å²) in [5, 5.41) is 6.31. The fourth-order valence-electron chi connectivity index (χ4n) is 2.76. The summed E-state index contributed by atoms with van der Waals surface area (Å²) < 4.78 is 0. The summed E-state index contributed by atoms with van der Waals surface area (Å²) in [4.78, 5) is 25.2. The lowest BCUT2D eigenvalue weighted by Gasteiger charge is -2.16. The maximum atomic E-state index is 12.6. The minimum Gasteiger partial charge on any atom is -0.351 e. The molecule has 0 spiro atoms. The van der Waals surface area contributed by atoms with Crippen molar-refractivity contribution in [2.45, 2.75) is 33.2 Å². The minimum atomic E-state index is -0.958. The SMILES string of the molecule is Cc1ccc(NC(=O)C2(C(=O)NCc3ccccc3C)CC2)cc1Cl. The Kier molecular flexibility index (Phi) is 4.82. The van der Waals surface area contributed by atoms with E-state index in [9.17, 15) is 9.59 Å². The zero-order valence-corrected chi connectivity index (χ0v) is 15.1. The largest absolute Gasteiger partial charge is 0.351 e. The molecule has 5 heteroatoms. The highest BCUT2D eigenvalue weighted by Gasteiger charge is 2.56. The van der Waals surface area contributed by atoms with Gasteiger partial charge in [-0.3, -0.25) is 9.59 Å². The summed E-state index contributed by atoms with van der Waals surface area (Å²) in [5.41, 5.74) is 2.76. The smallest absolute Gasteiger partial charge is 0.240 e. The highest BCUT2D eigenvalue weighted by atomic mass is 35.5. The van der Waals surface area contributed by atoms with E-state index in [-0.39, 0.29) is 11.8 Å². The van der Waals surface area contributed by atoms with Crippen LogP contribution in [0.4, 0.5) is 5.69 Å². The van der Waals surface area contributed by atoms with Crippen LogP contribution in [0.25, 0.3) is 0 Å². The molecule has 0 heterocycles. The van der Waals surface area contributed by atoms with Gasteiger partial charge >= 0.3 is 0 Å². The van der Waals surface area contributed by atoms with Crippen LogP contribution in [0.5, 0.6) is 0 Å². The van der Waals surface area contributed by atoms with E-state index in [1.807, 2.05) is 44.2 Å². The lowest BCUT2D eigenvalue weighted by Crippen LogP contribution is -2.39. The maximum absolute atomic E-state index is 12.6. The highest BCUT2D eigenvalue weighted by Crippen LogP contribution is 2.47. The van der Waals surface area contributed by atoms with Gasteiger partial charge in [-0.1, -0.05) is 41.9 Å². The van der Waals surface area contributed by atoms with Gasteiger partial charge in [0.05, 0.1) is 0 Å². The molecule has 0 radical (unpaired) electrons. The highest BCUT2D eigenvalue weighted by molar-refractivity contribution is 6.31. The number of halogens is 1. The third-order valence-electron chi connectivity index (χ3n) is 4.75. The number of hydrogen-bond donors (Lipinski definition) is 2. The summed E-state index contributed by atoms with van der Waals surface area (Å²) in [7, 11) is 0. The molecule has 1 saturated carbocycles. The molecule has 1 aliphatic rings. The van der Waals surface area contributed by atoms with Crippen LogP contribution < -0.4 is 10.6 Å². The normalized spacial score (nSPS) is 14.7. The van der Waals surface area contributed by atoms with E-state index >= 15 is 0 Å². The molecule has 25 heavy (non-hydrogen) atoms. The Bertz CT molecular complexity index is 828. The molecule has 2 N–H and O–H groups in total. The fourth-order valence-corrected chi connectivity index (χ4v) is 2.94. The Labute approximate surface area is 152 Å². The van der Waals surface area contributed by atoms with Gasteiger partial charge in [0, 0.05) is 17.3 Å². The summed E-state index contributed by atoms with van der Waals surface area (Å²) in [6.45, 7) is 4.33. The molecule has 3 rings (SSSR count). The van der Waals surface area contributed by atoms with Crippen molar-refractivity contribution in [2.75, 3.05) is 5.32 Å². The van der Waals surface area contributed by atoms with Gasteiger partial charge in [0.15, 0.2) is 0 Å². The first kappa shape index (κ1) is 17.5. The van der Waals surface area contributed by atoms with E-state index in [2.05, 4.69) is 10.6 Å². The van der Waals surface area contributed by atoms with E-state index in [1.54, 1.807) is 12.1 Å². The monoisotopic (exact) mass is 356 g/mol. The van der Waals surface area contributed by atoms with E-state index in [4.69, 9.17) is 11.6 Å². The molecule has 0 saturated heterocycles. The van der Waals surface area contributed by atoms with Crippen LogP contribution in [-0.4, -0.2) is 11.8 Å². The van der Waals surface area contributed by atoms with Gasteiger partial charge in [-0.15, -0.1) is 0 Å². The zero-order valence-electron chi connectivity index (χ0n) is 14.4. The van der Waals surface area contributed by atoms with Crippen molar-refractivity contribution in [3.8, 4) is 0 Å². The fraction of sp³-hybridized carbons (Fsp3) is 0.300. The van der Waals surface area contributed by atoms with Crippen molar-refractivity contribution in [2.24, 2.45) is 5.41 Å². The molecule has 0 unspecified atom stereocenters. The standard InChI is InChI=1S/C20H21ClN2O2/c1-13-5-3-4-6-15(13)12-22-18(24)20(9-10-20)19(25)23-16-8-7-14(2)17(21)11-16/h3-8,11H,9-10,12H2,1-2H3,(H,22,24)(H,23,25). The van der Waals surface area contributed by atoms with Crippen molar-refractivity contribution in [3.63, 3.8) is 0 Å². The van der Waals surface area contributed by atoms with Crippen LogP contribution in [-0.2, 0) is 16.1 Å². The molecule has 0 bridgehead atoms. The van der Waals surface area contributed by atoms with E-state index in [1.165, 1.54) is 0 Å². The number of carbonyl (C=O) groups is 2. The van der Waals surface area contributed by atoms with Gasteiger partial charge in [-0.25, -0.2) is 0 Å². The van der Waals surface area contributed by atoms with Crippen molar-refractivity contribution in [3.05, 3.63) is 64.2 Å². The molecule has 0 aliphatic heterocycles. The third kappa shape index (κ3) is 3.69. The summed E-state index contributed by atoms with van der Waals surface area (Å²) >= 11 is 6.09. The number of rotatable bonds is 5. The van der Waals surface area contributed by atoms with Crippen molar-refractivity contribution in [1.82, 2.24) is 5.32 Å². The molecule has 2 aromatic carbocycles. The van der Waals surface area contributed by atoms with Gasteiger partial charge < -0.3 is 10.6 Å². The second kappa shape index (κ2) is 6.89. The minimum absolute atomic E-state index is 0.216. The lowest BCUT2D eigenvalue weighted by molar-refractivity contribution is -0.134. The topological polar surface area (TPSA) is 58.2 Å². The van der Waals surface area contributed by atoms with E-state index in [0.717, 1.165) is 16.7 Å². The molecule has 2 amide bonds. The van der Waals surface area contributed by atoms with E-state index in [0.29, 0.717) is 30.1 Å². The predicted molar refractivity (Wildman–Crippen MR) is 99.5 cm³/mol. The first-order chi connectivity index (χ1) is 11.9. The van der Waals surface area contributed by atoms with Crippen LogP contribution in [0.2, 0.25) is 5.02 Å². The number of hydrogen-bond acceptors (Lipinski definition) is 2. The van der Waals surface area contributed by atoms with Crippen LogP contribution in [0.3, 0.4) is 0 Å². The van der Waals surface area contributed by atoms with Crippen LogP contribution in [0.1, 0.15) is 29.5 Å². The average molecular weight is 357 g/mol. The quantitative estimate of drug-likeness (QED) is 0.796. The lowest BCUT2D eigenvalue weighted by atomic mass is 10.0. The Balaban J connectivity index is 1.64. The Morgan fingerprint density at radius 3 is 2.40 bits per heavy atom. The first-order valence-corrected chi connectivity index (χ1v) is 8.70. The van der Waals surface area contributed by atoms with Crippen molar-refractivity contribution in [1.29, 1.82) is 0 Å². The maximum Gasteiger partial charge on any atom is 0.240 e. The molecule has 2 aromatic rings. The predicted octanol–water partition coefficient (Wildman–Crippen LogP) is 3.99. The summed E-state index contributed by atoms with van der Waals surface area (Å²) in [5.74, 6) is -0.485. The molecular weight excluding hydrogens is 336 g/mol. The van der Waals surface area contributed by atoms with Crippen LogP contribution >= 0.6 is 11.6 Å². The number of aryl methyl sites for hydroxylation is 2. The second-order valence-electron chi connectivity index (χ2n) is 6.61. The molecule has 130 valence electrons. The zero-order chi connectivity index (χ0) is 18.0. The number of anilines is 1. The molecule has 1 fully saturated rings. The van der Waals surface area contributed by atoms with Crippen molar-refractivity contribution < 1.29 is 9.59 Å². The first-order valence-electron chi connectivity index (χ1n) is 8.33. The van der Waals surface area contributed by atoms with Gasteiger partial charge in [0.1, 0.15) is 5.41 Å². The van der Waals surface area contributed by atoms with Crippen LogP contribution in [0.15, 0.2) is 42.5 Å². The average Bonchev–Trinajstić information content (AvgIpc) is 3.39.